The molecule has 0 radical (unpaired) electrons. The second kappa shape index (κ2) is 24.2. The lowest BCUT2D eigenvalue weighted by molar-refractivity contribution is 0.504. The maximum atomic E-state index is 5.15. The Morgan fingerprint density at radius 3 is 1.61 bits per heavy atom. The third kappa shape index (κ3) is 14.6. The zero-order valence-corrected chi connectivity index (χ0v) is 25.9. The lowest BCUT2D eigenvalue weighted by Gasteiger charge is -2.08. The molecule has 0 atom stereocenters. The van der Waals surface area contributed by atoms with E-state index >= 15 is 0 Å². The van der Waals surface area contributed by atoms with E-state index in [0.29, 0.717) is 38.0 Å². The van der Waals surface area contributed by atoms with E-state index in [-0.39, 0.29) is 0 Å². The molecule has 2 aromatic carbocycles. The minimum Gasteiger partial charge on any atom is -0.428 e. The Morgan fingerprint density at radius 1 is 0.605 bits per heavy atom. The maximum absolute atomic E-state index is 5.15. The van der Waals surface area contributed by atoms with Crippen LogP contribution in [0, 0.1) is 0 Å². The first-order valence-electron chi connectivity index (χ1n) is 14.2. The van der Waals surface area contributed by atoms with Crippen molar-refractivity contribution in [1.29, 1.82) is 0 Å². The smallest absolute Gasteiger partial charge is 0.220 e. The van der Waals surface area contributed by atoms with Crippen molar-refractivity contribution in [1.82, 2.24) is 20.4 Å². The summed E-state index contributed by atoms with van der Waals surface area (Å²) in [4.78, 5) is 0. The number of rotatable bonds is 6. The van der Waals surface area contributed by atoms with Gasteiger partial charge in [0.2, 0.25) is 24.6 Å². The van der Waals surface area contributed by atoms with Gasteiger partial charge in [-0.3, -0.25) is 0 Å². The largest absolute Gasteiger partial charge is 0.428 e. The molecule has 0 aliphatic rings. The summed E-state index contributed by atoms with van der Waals surface area (Å²) in [7, 11) is 0. The van der Waals surface area contributed by atoms with Crippen LogP contribution in [-0.4, -0.2) is 33.8 Å². The van der Waals surface area contributed by atoms with Crippen LogP contribution in [0.1, 0.15) is 78.3 Å². The van der Waals surface area contributed by atoms with Crippen LogP contribution in [0.3, 0.4) is 0 Å². The highest BCUT2D eigenvalue weighted by atomic mass is 16.4. The number of nitrogens with zero attached hydrogens (tertiary/aromatic N) is 4. The van der Waals surface area contributed by atoms with Crippen LogP contribution in [0.15, 0.2) is 70.2 Å². The van der Waals surface area contributed by atoms with Gasteiger partial charge in [0.15, 0.2) is 13.4 Å². The molecule has 0 aliphatic heterocycles. The van der Waals surface area contributed by atoms with E-state index in [9.17, 15) is 0 Å². The molecule has 0 saturated heterocycles. The minimum atomic E-state index is 0.518. The summed E-state index contributed by atoms with van der Waals surface area (Å²) in [5, 5.41) is 15.1. The molecular weight excluding hydrogens is 470 g/mol. The van der Waals surface area contributed by atoms with E-state index in [4.69, 9.17) is 8.83 Å². The zero-order chi connectivity index (χ0) is 29.3. The third-order valence-corrected chi connectivity index (χ3v) is 4.80. The van der Waals surface area contributed by atoms with Crippen molar-refractivity contribution in [2.45, 2.75) is 95.5 Å². The number of hydrogen-bond donors (Lipinski definition) is 0. The van der Waals surface area contributed by atoms with Crippen molar-refractivity contribution in [3.63, 3.8) is 0 Å². The van der Waals surface area contributed by atoms with Crippen molar-refractivity contribution in [2.75, 3.05) is 0 Å². The van der Waals surface area contributed by atoms with Crippen LogP contribution in [-0.2, 0) is 12.8 Å². The van der Waals surface area contributed by atoms with Gasteiger partial charge in [-0.05, 0) is 11.1 Å². The van der Waals surface area contributed by atoms with E-state index in [2.05, 4.69) is 90.2 Å². The summed E-state index contributed by atoms with van der Waals surface area (Å²) in [6.45, 7) is 25.8. The molecule has 0 fully saturated rings. The highest BCUT2D eigenvalue weighted by molar-refractivity contribution is 6.71. The van der Waals surface area contributed by atoms with Gasteiger partial charge in [-0.15, -0.1) is 20.4 Å². The standard InChI is InChI=1S/2C11H13BN2O.4C2H6/c1-12(2)10-5-3-4-9(6-10)7-11-14-13-8-15-11;1-12(2)10-6-4-3-5-9(10)7-11-14-13-8-15-11;4*1-2/h2*3-6,8H,7H2,1-2H3;4*1-2H3. The molecule has 0 amide bonds. The fraction of sp³-hybridized carbons (Fsp3) is 0.467. The van der Waals surface area contributed by atoms with Crippen molar-refractivity contribution < 1.29 is 8.83 Å². The summed E-state index contributed by atoms with van der Waals surface area (Å²) in [6, 6.07) is 16.8. The topological polar surface area (TPSA) is 77.8 Å². The molecule has 4 rings (SSSR count). The van der Waals surface area contributed by atoms with Gasteiger partial charge in [-0.2, -0.15) is 0 Å². The first-order valence-corrected chi connectivity index (χ1v) is 14.2. The van der Waals surface area contributed by atoms with Crippen LogP contribution in [0.5, 0.6) is 0 Å². The predicted octanol–water partition coefficient (Wildman–Crippen LogP) is 7.35. The highest BCUT2D eigenvalue weighted by Crippen LogP contribution is 2.06. The Bertz CT molecular complexity index is 1020. The average molecular weight is 520 g/mol. The molecule has 4 aromatic rings. The molecule has 0 aliphatic carbocycles. The van der Waals surface area contributed by atoms with E-state index in [1.807, 2.05) is 61.5 Å². The van der Waals surface area contributed by atoms with Gasteiger partial charge in [0, 0.05) is 0 Å². The Hall–Kier alpha value is -3.15. The van der Waals surface area contributed by atoms with Crippen LogP contribution in [0.2, 0.25) is 27.3 Å². The van der Waals surface area contributed by atoms with Crippen LogP contribution in [0.25, 0.3) is 0 Å². The SMILES string of the molecule is CB(C)c1cccc(Cc2nnco2)c1.CB(C)c1ccccc1Cc1nnco1.CC.CC.CC.CC. The van der Waals surface area contributed by atoms with Gasteiger partial charge in [0.25, 0.3) is 0 Å². The van der Waals surface area contributed by atoms with E-state index in [0.717, 1.165) is 0 Å². The lowest BCUT2D eigenvalue weighted by Crippen LogP contribution is -2.26. The van der Waals surface area contributed by atoms with Gasteiger partial charge in [-0.1, -0.05) is 142 Å². The molecule has 38 heavy (non-hydrogen) atoms. The molecule has 2 heterocycles. The first-order chi connectivity index (χ1) is 18.5. The second-order valence-electron chi connectivity index (χ2n) is 7.77. The summed E-state index contributed by atoms with van der Waals surface area (Å²) in [5.41, 5.74) is 5.16. The Balaban J connectivity index is 0. The minimum absolute atomic E-state index is 0.518. The second-order valence-corrected chi connectivity index (χ2v) is 7.77. The number of benzene rings is 2. The monoisotopic (exact) mass is 520 g/mol. The molecule has 0 bridgehead atoms. The van der Waals surface area contributed by atoms with Crippen LogP contribution < -0.4 is 10.9 Å². The summed E-state index contributed by atoms with van der Waals surface area (Å²) in [6.07, 6.45) is 4.16. The molecule has 8 heteroatoms. The average Bonchev–Trinajstić information content (AvgIpc) is 3.69. The van der Waals surface area contributed by atoms with Crippen molar-refractivity contribution >= 4 is 24.4 Å². The molecule has 0 unspecified atom stereocenters. The summed E-state index contributed by atoms with van der Waals surface area (Å²) < 4.78 is 10.3. The Labute approximate surface area is 233 Å². The molecule has 2 aromatic heterocycles. The molecule has 0 spiro atoms. The molecule has 208 valence electrons. The van der Waals surface area contributed by atoms with Crippen molar-refractivity contribution in [3.05, 3.63) is 84.2 Å². The van der Waals surface area contributed by atoms with Gasteiger partial charge in [0.05, 0.1) is 12.8 Å². The first kappa shape index (κ1) is 37.0. The van der Waals surface area contributed by atoms with E-state index < -0.39 is 0 Å². The van der Waals surface area contributed by atoms with E-state index in [1.165, 1.54) is 34.8 Å². The number of aromatic nitrogens is 4. The molecule has 6 nitrogen and oxygen atoms in total. The van der Waals surface area contributed by atoms with Crippen molar-refractivity contribution in [3.8, 4) is 0 Å². The lowest BCUT2D eigenvalue weighted by atomic mass is 9.48. The highest BCUT2D eigenvalue weighted by Gasteiger charge is 2.10. The fourth-order valence-corrected chi connectivity index (χ4v) is 3.20. The van der Waals surface area contributed by atoms with Gasteiger partial charge in [0.1, 0.15) is 0 Å². The van der Waals surface area contributed by atoms with Gasteiger partial charge in [-0.25, -0.2) is 0 Å². The van der Waals surface area contributed by atoms with Crippen molar-refractivity contribution in [2.24, 2.45) is 0 Å². The third-order valence-electron chi connectivity index (χ3n) is 4.80. The Morgan fingerprint density at radius 2 is 1.13 bits per heavy atom. The van der Waals surface area contributed by atoms with Crippen LogP contribution >= 0.6 is 0 Å². The molecule has 0 N–H and O–H groups in total. The predicted molar refractivity (Wildman–Crippen MR) is 167 cm³/mol. The zero-order valence-electron chi connectivity index (χ0n) is 25.9. The fourth-order valence-electron chi connectivity index (χ4n) is 3.20. The Kier molecular flexibility index (Phi) is 23.6. The summed E-state index contributed by atoms with van der Waals surface area (Å²) >= 11 is 0. The van der Waals surface area contributed by atoms with Gasteiger partial charge >= 0.3 is 0 Å². The normalized spacial score (nSPS) is 8.74. The molecule has 0 saturated carbocycles. The quantitative estimate of drug-likeness (QED) is 0.248. The summed E-state index contributed by atoms with van der Waals surface area (Å²) in [5.74, 6) is 1.33. The number of hydrogen-bond acceptors (Lipinski definition) is 6. The van der Waals surface area contributed by atoms with Gasteiger partial charge < -0.3 is 8.83 Å². The van der Waals surface area contributed by atoms with Crippen LogP contribution in [0.4, 0.5) is 0 Å². The maximum Gasteiger partial charge on any atom is 0.220 e. The molecular formula is C30H50B2N4O2. The van der Waals surface area contributed by atoms with E-state index in [1.54, 1.807) is 0 Å².